The first-order valence-corrected chi connectivity index (χ1v) is 8.43. The standard InChI is InChI=1S/C13H15ClFNO3S/c1-16(10-4-6-20(18,19)7-5-10)13(17)11-3-2-9(14)8-12(11)15/h2-3,8,10H,4-7H2,1H3. The first kappa shape index (κ1) is 15.3. The van der Waals surface area contributed by atoms with Gasteiger partial charge < -0.3 is 4.90 Å². The van der Waals surface area contributed by atoms with Crippen LogP contribution in [0, 0.1) is 5.82 Å². The molecule has 0 atom stereocenters. The fourth-order valence-corrected chi connectivity index (χ4v) is 3.91. The van der Waals surface area contributed by atoms with Gasteiger partial charge in [0.2, 0.25) is 0 Å². The van der Waals surface area contributed by atoms with E-state index in [4.69, 9.17) is 11.6 Å². The molecule has 0 unspecified atom stereocenters. The van der Waals surface area contributed by atoms with Gasteiger partial charge in [-0.1, -0.05) is 11.6 Å². The van der Waals surface area contributed by atoms with Crippen molar-refractivity contribution in [1.82, 2.24) is 4.90 Å². The maximum atomic E-state index is 13.7. The van der Waals surface area contributed by atoms with Crippen LogP contribution in [0.15, 0.2) is 18.2 Å². The second-order valence-corrected chi connectivity index (χ2v) is 7.66. The average molecular weight is 320 g/mol. The molecule has 0 bridgehead atoms. The number of hydrogen-bond acceptors (Lipinski definition) is 3. The Morgan fingerprint density at radius 2 is 1.95 bits per heavy atom. The van der Waals surface area contributed by atoms with Crippen LogP contribution in [0.1, 0.15) is 23.2 Å². The van der Waals surface area contributed by atoms with Gasteiger partial charge in [0.15, 0.2) is 0 Å². The molecule has 0 radical (unpaired) electrons. The lowest BCUT2D eigenvalue weighted by Crippen LogP contribution is -2.42. The number of carbonyl (C=O) groups is 1. The van der Waals surface area contributed by atoms with Crippen LogP contribution in [0.2, 0.25) is 5.02 Å². The Labute approximate surface area is 122 Å². The molecule has 20 heavy (non-hydrogen) atoms. The van der Waals surface area contributed by atoms with E-state index in [0.717, 1.165) is 6.07 Å². The van der Waals surface area contributed by atoms with Crippen LogP contribution in [-0.4, -0.2) is 43.8 Å². The van der Waals surface area contributed by atoms with Gasteiger partial charge in [0.25, 0.3) is 5.91 Å². The molecular formula is C13H15ClFNO3S. The summed E-state index contributed by atoms with van der Waals surface area (Å²) in [6, 6.07) is 3.71. The SMILES string of the molecule is CN(C(=O)c1ccc(Cl)cc1F)C1CCS(=O)(=O)CC1. The predicted octanol–water partition coefficient (Wildman–Crippen LogP) is 2.13. The molecule has 4 nitrogen and oxygen atoms in total. The van der Waals surface area contributed by atoms with Crippen molar-refractivity contribution >= 4 is 27.3 Å². The Morgan fingerprint density at radius 1 is 1.35 bits per heavy atom. The van der Waals surface area contributed by atoms with Crippen LogP contribution < -0.4 is 0 Å². The Hall–Kier alpha value is -1.14. The topological polar surface area (TPSA) is 54.5 Å². The molecule has 1 amide bonds. The monoisotopic (exact) mass is 319 g/mol. The van der Waals surface area contributed by atoms with Crippen molar-refractivity contribution in [2.75, 3.05) is 18.6 Å². The smallest absolute Gasteiger partial charge is 0.256 e. The van der Waals surface area contributed by atoms with Gasteiger partial charge in [0, 0.05) is 18.1 Å². The normalized spacial score (nSPS) is 18.8. The van der Waals surface area contributed by atoms with Crippen molar-refractivity contribution in [3.63, 3.8) is 0 Å². The molecule has 1 aliphatic heterocycles. The third kappa shape index (κ3) is 3.30. The van der Waals surface area contributed by atoms with Gasteiger partial charge in [-0.2, -0.15) is 0 Å². The quantitative estimate of drug-likeness (QED) is 0.839. The van der Waals surface area contributed by atoms with Gasteiger partial charge in [0.1, 0.15) is 15.7 Å². The third-order valence-electron chi connectivity index (χ3n) is 3.55. The molecular weight excluding hydrogens is 305 g/mol. The maximum absolute atomic E-state index is 13.7. The molecule has 0 N–H and O–H groups in total. The van der Waals surface area contributed by atoms with E-state index in [2.05, 4.69) is 0 Å². The van der Waals surface area contributed by atoms with Gasteiger partial charge in [-0.05, 0) is 31.0 Å². The molecule has 1 fully saturated rings. The summed E-state index contributed by atoms with van der Waals surface area (Å²) in [5, 5.41) is 0.227. The lowest BCUT2D eigenvalue weighted by Gasteiger charge is -2.31. The number of nitrogens with zero attached hydrogens (tertiary/aromatic N) is 1. The second-order valence-electron chi connectivity index (χ2n) is 4.92. The van der Waals surface area contributed by atoms with Gasteiger partial charge >= 0.3 is 0 Å². The molecule has 1 aliphatic rings. The van der Waals surface area contributed by atoms with Crippen LogP contribution in [0.4, 0.5) is 4.39 Å². The molecule has 1 aromatic carbocycles. The summed E-state index contributed by atoms with van der Waals surface area (Å²) in [5.41, 5.74) is -0.0506. The fraction of sp³-hybridized carbons (Fsp3) is 0.462. The highest BCUT2D eigenvalue weighted by Gasteiger charge is 2.29. The van der Waals surface area contributed by atoms with E-state index in [1.165, 1.54) is 17.0 Å². The minimum Gasteiger partial charge on any atom is -0.339 e. The van der Waals surface area contributed by atoms with Gasteiger partial charge in [-0.15, -0.1) is 0 Å². The summed E-state index contributed by atoms with van der Waals surface area (Å²) in [5.74, 6) is -0.988. The minimum absolute atomic E-state index is 0.0506. The van der Waals surface area contributed by atoms with E-state index in [-0.39, 0.29) is 28.1 Å². The summed E-state index contributed by atoms with van der Waals surface area (Å²) >= 11 is 5.65. The molecule has 1 heterocycles. The Kier molecular flexibility index (Phi) is 4.34. The van der Waals surface area contributed by atoms with Crippen molar-refractivity contribution in [3.8, 4) is 0 Å². The summed E-state index contributed by atoms with van der Waals surface area (Å²) < 4.78 is 36.5. The molecule has 0 aliphatic carbocycles. The van der Waals surface area contributed by atoms with Gasteiger partial charge in [-0.25, -0.2) is 12.8 Å². The molecule has 0 spiro atoms. The summed E-state index contributed by atoms with van der Waals surface area (Å²) in [7, 11) is -1.41. The average Bonchev–Trinajstić information content (AvgIpc) is 2.37. The number of rotatable bonds is 2. The van der Waals surface area contributed by atoms with Crippen molar-refractivity contribution in [1.29, 1.82) is 0 Å². The fourth-order valence-electron chi connectivity index (χ4n) is 2.28. The first-order valence-electron chi connectivity index (χ1n) is 6.23. The molecule has 110 valence electrons. The first-order chi connectivity index (χ1) is 9.30. The second kappa shape index (κ2) is 5.69. The molecule has 7 heteroatoms. The van der Waals surface area contributed by atoms with E-state index in [9.17, 15) is 17.6 Å². The summed E-state index contributed by atoms with van der Waals surface area (Å²) in [4.78, 5) is 13.6. The summed E-state index contributed by atoms with van der Waals surface area (Å²) in [6.45, 7) is 0. The highest BCUT2D eigenvalue weighted by molar-refractivity contribution is 7.91. The maximum Gasteiger partial charge on any atom is 0.256 e. The zero-order chi connectivity index (χ0) is 14.9. The van der Waals surface area contributed by atoms with Crippen LogP contribution in [-0.2, 0) is 9.84 Å². The van der Waals surface area contributed by atoms with Crippen molar-refractivity contribution in [3.05, 3.63) is 34.6 Å². The largest absolute Gasteiger partial charge is 0.339 e. The zero-order valence-corrected chi connectivity index (χ0v) is 12.5. The third-order valence-corrected chi connectivity index (χ3v) is 5.50. The molecule has 0 aromatic heterocycles. The van der Waals surface area contributed by atoms with Crippen LogP contribution in [0.3, 0.4) is 0 Å². The highest BCUT2D eigenvalue weighted by atomic mass is 35.5. The van der Waals surface area contributed by atoms with Gasteiger partial charge in [0.05, 0.1) is 17.1 Å². The molecule has 1 saturated heterocycles. The van der Waals surface area contributed by atoms with Crippen molar-refractivity contribution in [2.45, 2.75) is 18.9 Å². The Bertz CT molecular complexity index is 619. The zero-order valence-electron chi connectivity index (χ0n) is 11.0. The van der Waals surface area contributed by atoms with Crippen molar-refractivity contribution in [2.24, 2.45) is 0 Å². The predicted molar refractivity (Wildman–Crippen MR) is 75.2 cm³/mol. The number of carbonyl (C=O) groups excluding carboxylic acids is 1. The van der Waals surface area contributed by atoms with E-state index in [0.29, 0.717) is 12.8 Å². The Morgan fingerprint density at radius 3 is 2.50 bits per heavy atom. The van der Waals surface area contributed by atoms with Gasteiger partial charge in [-0.3, -0.25) is 4.79 Å². The number of sulfone groups is 1. The van der Waals surface area contributed by atoms with E-state index < -0.39 is 21.6 Å². The van der Waals surface area contributed by atoms with E-state index >= 15 is 0 Å². The lowest BCUT2D eigenvalue weighted by atomic mass is 10.1. The minimum atomic E-state index is -2.98. The number of benzene rings is 1. The Balaban J connectivity index is 2.13. The van der Waals surface area contributed by atoms with Crippen molar-refractivity contribution < 1.29 is 17.6 Å². The van der Waals surface area contributed by atoms with Crippen LogP contribution in [0.5, 0.6) is 0 Å². The lowest BCUT2D eigenvalue weighted by molar-refractivity contribution is 0.0717. The van der Waals surface area contributed by atoms with E-state index in [1.807, 2.05) is 0 Å². The highest BCUT2D eigenvalue weighted by Crippen LogP contribution is 2.21. The van der Waals surface area contributed by atoms with Crippen LogP contribution >= 0.6 is 11.6 Å². The molecule has 1 aromatic rings. The number of halogens is 2. The number of hydrogen-bond donors (Lipinski definition) is 0. The van der Waals surface area contributed by atoms with Crippen LogP contribution in [0.25, 0.3) is 0 Å². The molecule has 2 rings (SSSR count). The summed E-state index contributed by atoms with van der Waals surface area (Å²) in [6.07, 6.45) is 0.777. The number of amides is 1. The molecule has 0 saturated carbocycles. The van der Waals surface area contributed by atoms with E-state index in [1.54, 1.807) is 7.05 Å².